The van der Waals surface area contributed by atoms with Crippen LogP contribution in [0.5, 0.6) is 17.2 Å². The second-order valence-electron chi connectivity index (χ2n) is 6.81. The third-order valence-corrected chi connectivity index (χ3v) is 4.93. The normalized spacial score (nSPS) is 12.1. The van der Waals surface area contributed by atoms with E-state index in [4.69, 9.17) is 18.6 Å². The Balaban J connectivity index is 0.00000341. The van der Waals surface area contributed by atoms with Crippen molar-refractivity contribution in [2.45, 2.75) is 19.4 Å². The van der Waals surface area contributed by atoms with E-state index < -0.39 is 0 Å². The largest absolute Gasteiger partial charge is 0.496 e. The maximum atomic E-state index is 5.94. The van der Waals surface area contributed by atoms with Gasteiger partial charge >= 0.3 is 0 Å². The average Bonchev–Trinajstić information content (AvgIpc) is 3.22. The monoisotopic (exact) mass is 539 g/mol. The van der Waals surface area contributed by atoms with Crippen LogP contribution in [0.15, 0.2) is 51.9 Å². The van der Waals surface area contributed by atoms with Crippen LogP contribution in [0.25, 0.3) is 11.0 Å². The number of rotatable bonds is 8. The third kappa shape index (κ3) is 5.96. The van der Waals surface area contributed by atoms with Gasteiger partial charge in [0.25, 0.3) is 0 Å². The molecule has 0 amide bonds. The summed E-state index contributed by atoms with van der Waals surface area (Å²) in [7, 11) is 6.64. The van der Waals surface area contributed by atoms with E-state index in [0.717, 1.165) is 33.8 Å². The number of guanidine groups is 1. The highest BCUT2D eigenvalue weighted by molar-refractivity contribution is 14.0. The molecule has 0 fully saturated rings. The summed E-state index contributed by atoms with van der Waals surface area (Å²) in [4.78, 5) is 4.32. The number of fused-ring (bicyclic) bond motifs is 1. The van der Waals surface area contributed by atoms with Crippen molar-refractivity contribution >= 4 is 40.9 Å². The smallest absolute Gasteiger partial charge is 0.191 e. The van der Waals surface area contributed by atoms with Crippen molar-refractivity contribution in [1.29, 1.82) is 0 Å². The Morgan fingerprint density at radius 3 is 2.29 bits per heavy atom. The van der Waals surface area contributed by atoms with E-state index in [1.807, 2.05) is 49.4 Å². The van der Waals surface area contributed by atoms with Crippen molar-refractivity contribution in [3.05, 3.63) is 53.8 Å². The number of aliphatic imine (C=N–C) groups is 1. The zero-order valence-corrected chi connectivity index (χ0v) is 20.9. The van der Waals surface area contributed by atoms with Gasteiger partial charge in [0.15, 0.2) is 5.96 Å². The summed E-state index contributed by atoms with van der Waals surface area (Å²) in [6.07, 6.45) is 0.691. The van der Waals surface area contributed by atoms with E-state index in [1.54, 1.807) is 28.4 Å². The molecule has 1 atom stereocenters. The van der Waals surface area contributed by atoms with Gasteiger partial charge in [-0.25, -0.2) is 0 Å². The van der Waals surface area contributed by atoms with Gasteiger partial charge in [0, 0.05) is 36.7 Å². The van der Waals surface area contributed by atoms with Crippen LogP contribution >= 0.6 is 24.0 Å². The summed E-state index contributed by atoms with van der Waals surface area (Å²) >= 11 is 0. The summed E-state index contributed by atoms with van der Waals surface area (Å²) in [5, 5.41) is 7.79. The lowest BCUT2D eigenvalue weighted by atomic mass is 10.1. The van der Waals surface area contributed by atoms with E-state index >= 15 is 0 Å². The number of halogens is 1. The predicted molar refractivity (Wildman–Crippen MR) is 134 cm³/mol. The quantitative estimate of drug-likeness (QED) is 0.249. The lowest BCUT2D eigenvalue weighted by Gasteiger charge is -2.18. The molecule has 0 saturated heterocycles. The Labute approximate surface area is 200 Å². The zero-order chi connectivity index (χ0) is 21.5. The number of hydrogen-bond acceptors (Lipinski definition) is 5. The van der Waals surface area contributed by atoms with Crippen LogP contribution in [0.3, 0.4) is 0 Å². The molecule has 3 rings (SSSR count). The van der Waals surface area contributed by atoms with Crippen molar-refractivity contribution in [3.63, 3.8) is 0 Å². The number of nitrogens with zero attached hydrogens (tertiary/aromatic N) is 1. The number of furan rings is 1. The van der Waals surface area contributed by atoms with E-state index in [0.29, 0.717) is 24.7 Å². The molecule has 0 radical (unpaired) electrons. The van der Waals surface area contributed by atoms with E-state index in [-0.39, 0.29) is 30.0 Å². The Bertz CT molecular complexity index is 961. The van der Waals surface area contributed by atoms with Crippen molar-refractivity contribution in [3.8, 4) is 17.2 Å². The van der Waals surface area contributed by atoms with E-state index in [1.165, 1.54) is 0 Å². The third-order valence-electron chi connectivity index (χ3n) is 4.93. The summed E-state index contributed by atoms with van der Waals surface area (Å²) in [6.45, 7) is 2.69. The summed E-state index contributed by atoms with van der Waals surface area (Å²) in [5.74, 6) is 3.70. The van der Waals surface area contributed by atoms with E-state index in [9.17, 15) is 0 Å². The molecule has 0 aliphatic carbocycles. The minimum absolute atomic E-state index is 0. The molecular formula is C23H30IN3O4. The average molecular weight is 539 g/mol. The fourth-order valence-electron chi connectivity index (χ4n) is 3.32. The number of hydrogen-bond donors (Lipinski definition) is 2. The Morgan fingerprint density at radius 1 is 1.03 bits per heavy atom. The Hall–Kier alpha value is -2.62. The first-order valence-electron chi connectivity index (χ1n) is 9.84. The molecule has 8 heteroatoms. The van der Waals surface area contributed by atoms with Crippen LogP contribution < -0.4 is 24.8 Å². The summed E-state index contributed by atoms with van der Waals surface area (Å²) < 4.78 is 22.3. The van der Waals surface area contributed by atoms with Crippen LogP contribution in [0, 0.1) is 0 Å². The van der Waals surface area contributed by atoms with Gasteiger partial charge in [-0.2, -0.15) is 0 Å². The molecule has 0 aliphatic heterocycles. The van der Waals surface area contributed by atoms with Crippen molar-refractivity contribution in [2.75, 3.05) is 34.9 Å². The fraction of sp³-hybridized carbons (Fsp3) is 0.348. The van der Waals surface area contributed by atoms with Crippen molar-refractivity contribution in [2.24, 2.45) is 4.99 Å². The van der Waals surface area contributed by atoms with Gasteiger partial charge in [-0.1, -0.05) is 18.2 Å². The second-order valence-corrected chi connectivity index (χ2v) is 6.81. The predicted octanol–water partition coefficient (Wildman–Crippen LogP) is 4.55. The first-order valence-corrected chi connectivity index (χ1v) is 9.84. The molecule has 2 N–H and O–H groups in total. The van der Waals surface area contributed by atoms with E-state index in [2.05, 4.69) is 15.6 Å². The molecule has 1 heterocycles. The van der Waals surface area contributed by atoms with Gasteiger partial charge in [0.1, 0.15) is 28.6 Å². The molecule has 0 aliphatic rings. The van der Waals surface area contributed by atoms with Crippen LogP contribution in [-0.2, 0) is 6.42 Å². The number of methoxy groups -OCH3 is 3. The van der Waals surface area contributed by atoms with Crippen molar-refractivity contribution in [1.82, 2.24) is 10.6 Å². The molecule has 7 nitrogen and oxygen atoms in total. The van der Waals surface area contributed by atoms with Crippen LogP contribution in [0.2, 0.25) is 0 Å². The minimum atomic E-state index is -0.0336. The van der Waals surface area contributed by atoms with Crippen molar-refractivity contribution < 1.29 is 18.6 Å². The van der Waals surface area contributed by atoms with Gasteiger partial charge in [0.05, 0.1) is 27.4 Å². The molecule has 1 unspecified atom stereocenters. The molecule has 2 aromatic carbocycles. The molecule has 0 spiro atoms. The molecule has 3 aromatic rings. The number of ether oxygens (including phenoxy) is 3. The SMILES string of the molecule is CN=C(NCCc1c(OC)cc(OC)cc1OC)NC(C)c1cc2ccccc2o1.I. The first kappa shape index (κ1) is 24.6. The second kappa shape index (κ2) is 11.7. The summed E-state index contributed by atoms with van der Waals surface area (Å²) in [5.41, 5.74) is 1.84. The highest BCUT2D eigenvalue weighted by Gasteiger charge is 2.15. The number of para-hydroxylation sites is 1. The lowest BCUT2D eigenvalue weighted by Crippen LogP contribution is -2.39. The van der Waals surface area contributed by atoms with Gasteiger partial charge in [0.2, 0.25) is 0 Å². The van der Waals surface area contributed by atoms with Gasteiger partial charge in [-0.3, -0.25) is 4.99 Å². The highest BCUT2D eigenvalue weighted by Crippen LogP contribution is 2.34. The number of nitrogens with one attached hydrogen (secondary N) is 2. The Morgan fingerprint density at radius 2 is 1.71 bits per heavy atom. The highest BCUT2D eigenvalue weighted by atomic mass is 127. The zero-order valence-electron chi connectivity index (χ0n) is 18.5. The van der Waals surface area contributed by atoms with Crippen LogP contribution in [-0.4, -0.2) is 40.9 Å². The Kier molecular flexibility index (Phi) is 9.29. The molecule has 168 valence electrons. The van der Waals surface area contributed by atoms with Gasteiger partial charge in [-0.05, 0) is 25.5 Å². The first-order chi connectivity index (χ1) is 14.6. The maximum absolute atomic E-state index is 5.94. The minimum Gasteiger partial charge on any atom is -0.496 e. The molecule has 0 saturated carbocycles. The summed E-state index contributed by atoms with van der Waals surface area (Å²) in [6, 6.07) is 13.7. The van der Waals surface area contributed by atoms with Crippen LogP contribution in [0.1, 0.15) is 24.3 Å². The lowest BCUT2D eigenvalue weighted by molar-refractivity contribution is 0.368. The van der Waals surface area contributed by atoms with Gasteiger partial charge < -0.3 is 29.3 Å². The maximum Gasteiger partial charge on any atom is 0.191 e. The van der Waals surface area contributed by atoms with Gasteiger partial charge in [-0.15, -0.1) is 24.0 Å². The number of benzene rings is 2. The molecule has 31 heavy (non-hydrogen) atoms. The standard InChI is InChI=1S/C23H29N3O4.HI/c1-15(20-12-16-8-6-7-9-19(16)30-20)26-23(24-2)25-11-10-18-21(28-4)13-17(27-3)14-22(18)29-5;/h6-9,12-15H,10-11H2,1-5H3,(H2,24,25,26);1H. The topological polar surface area (TPSA) is 77.3 Å². The molecule has 0 bridgehead atoms. The molecular weight excluding hydrogens is 509 g/mol. The van der Waals surface area contributed by atoms with Crippen LogP contribution in [0.4, 0.5) is 0 Å². The molecule has 1 aromatic heterocycles. The fourth-order valence-corrected chi connectivity index (χ4v) is 3.32.